The average molecular weight is 376 g/mol. The minimum Gasteiger partial charge on any atom is -0.0996 e. The molecule has 0 radical (unpaired) electrons. The molecule has 0 spiro atoms. The summed E-state index contributed by atoms with van der Waals surface area (Å²) in [5.74, 6) is 0. The molecule has 0 saturated heterocycles. The van der Waals surface area contributed by atoms with Crippen molar-refractivity contribution in [3.63, 3.8) is 0 Å². The van der Waals surface area contributed by atoms with Crippen LogP contribution in [0.2, 0.25) is 6.82 Å². The highest BCUT2D eigenvalue weighted by Gasteiger charge is 2.01. The summed E-state index contributed by atoms with van der Waals surface area (Å²) in [6.07, 6.45) is 25.5. The molecule has 0 nitrogen and oxygen atoms in total. The van der Waals surface area contributed by atoms with Crippen molar-refractivity contribution in [2.75, 3.05) is 0 Å². The molecule has 0 aromatic heterocycles. The molecule has 0 bridgehead atoms. The summed E-state index contributed by atoms with van der Waals surface area (Å²) in [5.41, 5.74) is 5.73. The molecule has 0 atom stereocenters. The first-order valence-electron chi connectivity index (χ1n) is 9.98. The first-order chi connectivity index (χ1) is 14.1. The van der Waals surface area contributed by atoms with Crippen LogP contribution in [0.25, 0.3) is 0 Å². The fourth-order valence-electron chi connectivity index (χ4n) is 2.50. The normalized spacial score (nSPS) is 13.3. The van der Waals surface area contributed by atoms with Crippen LogP contribution < -0.4 is 0 Å². The molecule has 0 aliphatic carbocycles. The monoisotopic (exact) mass is 376 g/mol. The molecular weight excluding hydrogens is 344 g/mol. The predicted octanol–water partition coefficient (Wildman–Crippen LogP) is 4.79. The highest BCUT2D eigenvalue weighted by Crippen LogP contribution is 2.08. The number of hydrogen-bond acceptors (Lipinski definition) is 0. The molecule has 0 aromatic carbocycles. The summed E-state index contributed by atoms with van der Waals surface area (Å²) in [4.78, 5) is 0. The van der Waals surface area contributed by atoms with E-state index in [2.05, 4.69) is 70.6 Å². The van der Waals surface area contributed by atoms with Crippen LogP contribution in [0, 0.1) is 0 Å². The van der Waals surface area contributed by atoms with Crippen LogP contribution in [0.1, 0.15) is 0 Å². The van der Waals surface area contributed by atoms with Gasteiger partial charge < -0.3 is 0 Å². The van der Waals surface area contributed by atoms with Gasteiger partial charge in [0.2, 0.25) is 0 Å². The summed E-state index contributed by atoms with van der Waals surface area (Å²) < 4.78 is 0. The Kier molecular flexibility index (Phi) is 15.6. The van der Waals surface area contributed by atoms with Crippen molar-refractivity contribution >= 4 is 28.9 Å². The zero-order valence-electron chi connectivity index (χ0n) is 18.1. The Morgan fingerprint density at radius 1 is 0.517 bits per heavy atom. The van der Waals surface area contributed by atoms with E-state index in [-0.39, 0.29) is 0 Å². The molecule has 144 valence electrons. The maximum Gasteiger partial charge on any atom is 0.192 e. The first kappa shape index (κ1) is 26.1. The van der Waals surface area contributed by atoms with Crippen LogP contribution in [0.3, 0.4) is 0 Å². The van der Waals surface area contributed by atoms with Crippen LogP contribution in [-0.2, 0) is 0 Å². The van der Waals surface area contributed by atoms with E-state index in [1.54, 1.807) is 6.08 Å². The SMILES string of the molecule is C=C/C=C\C=C(\B/C(C=C)=C/C=C(/B/C(C=C)=C/C=C(/BBC)C=C)C=C)C=C. The van der Waals surface area contributed by atoms with E-state index in [0.717, 1.165) is 50.8 Å². The van der Waals surface area contributed by atoms with Gasteiger partial charge in [0.25, 0.3) is 0 Å². The van der Waals surface area contributed by atoms with Crippen LogP contribution in [-0.4, -0.2) is 28.9 Å². The van der Waals surface area contributed by atoms with E-state index in [1.807, 2.05) is 48.6 Å². The molecule has 0 saturated carbocycles. The molecule has 0 amide bonds. The number of hydrogen-bond donors (Lipinski definition) is 0. The van der Waals surface area contributed by atoms with Gasteiger partial charge in [-0.3, -0.25) is 0 Å². The molecule has 0 unspecified atom stereocenters. The molecule has 0 rings (SSSR count). The Bertz CT molecular complexity index is 784. The van der Waals surface area contributed by atoms with Crippen molar-refractivity contribution in [1.29, 1.82) is 0 Å². The third-order valence-electron chi connectivity index (χ3n) is 4.25. The van der Waals surface area contributed by atoms with E-state index in [1.165, 1.54) is 5.47 Å². The van der Waals surface area contributed by atoms with Crippen molar-refractivity contribution in [1.82, 2.24) is 0 Å². The molecule has 29 heavy (non-hydrogen) atoms. The van der Waals surface area contributed by atoms with Crippen molar-refractivity contribution in [3.05, 3.63) is 146 Å². The molecule has 4 heteroatoms. The van der Waals surface area contributed by atoms with Crippen LogP contribution in [0.5, 0.6) is 0 Å². The quantitative estimate of drug-likeness (QED) is 0.285. The molecule has 0 aromatic rings. The second kappa shape index (κ2) is 17.3. The van der Waals surface area contributed by atoms with Crippen molar-refractivity contribution in [2.45, 2.75) is 6.82 Å². The second-order valence-corrected chi connectivity index (χ2v) is 6.45. The van der Waals surface area contributed by atoms with Crippen LogP contribution >= 0.6 is 0 Å². The Hall–Kier alpha value is -2.86. The number of allylic oxidation sites excluding steroid dienone is 18. The van der Waals surface area contributed by atoms with Crippen molar-refractivity contribution < 1.29 is 0 Å². The zero-order chi connectivity index (χ0) is 21.9. The number of rotatable bonds is 15. The lowest BCUT2D eigenvalue weighted by Crippen LogP contribution is -2.01. The predicted molar refractivity (Wildman–Crippen MR) is 145 cm³/mol. The summed E-state index contributed by atoms with van der Waals surface area (Å²) >= 11 is 0. The van der Waals surface area contributed by atoms with Gasteiger partial charge in [0.15, 0.2) is 14.6 Å². The smallest absolute Gasteiger partial charge is 0.0996 e. The lowest BCUT2D eigenvalue weighted by atomic mass is 9.37. The third-order valence-corrected chi connectivity index (χ3v) is 4.25. The largest absolute Gasteiger partial charge is 0.192 e. The highest BCUT2D eigenvalue weighted by atomic mass is 13.9. The summed E-state index contributed by atoms with van der Waals surface area (Å²) in [5, 5.41) is 0. The Morgan fingerprint density at radius 3 is 1.24 bits per heavy atom. The fourth-order valence-corrected chi connectivity index (χ4v) is 2.50. The molecule has 0 heterocycles. The molecule has 0 aliphatic rings. The maximum atomic E-state index is 3.96. The lowest BCUT2D eigenvalue weighted by molar-refractivity contribution is 1.75. The van der Waals surface area contributed by atoms with Gasteiger partial charge in [-0.05, 0) is 0 Å². The second-order valence-electron chi connectivity index (χ2n) is 6.45. The van der Waals surface area contributed by atoms with Gasteiger partial charge in [0.05, 0.1) is 7.17 Å². The van der Waals surface area contributed by atoms with E-state index < -0.39 is 0 Å². The Balaban J connectivity index is 5.49. The summed E-state index contributed by atoms with van der Waals surface area (Å²) in [7, 11) is 3.67. The van der Waals surface area contributed by atoms with Crippen molar-refractivity contribution in [3.8, 4) is 0 Å². The van der Waals surface area contributed by atoms with Crippen LogP contribution in [0.4, 0.5) is 0 Å². The molecule has 0 N–H and O–H groups in total. The highest BCUT2D eigenvalue weighted by molar-refractivity contribution is 7.03. The van der Waals surface area contributed by atoms with E-state index >= 15 is 0 Å². The maximum absolute atomic E-state index is 3.96. The van der Waals surface area contributed by atoms with Gasteiger partial charge in [0, 0.05) is 0 Å². The topological polar surface area (TPSA) is 0 Å². The Labute approximate surface area is 181 Å². The lowest BCUT2D eigenvalue weighted by Gasteiger charge is -2.03. The molecular formula is C25H32B4. The fraction of sp³-hybridized carbons (Fsp3) is 0.0400. The van der Waals surface area contributed by atoms with Gasteiger partial charge >= 0.3 is 0 Å². The molecule has 0 fully saturated rings. The van der Waals surface area contributed by atoms with Gasteiger partial charge in [-0.2, -0.15) is 0 Å². The van der Waals surface area contributed by atoms with Gasteiger partial charge in [0.1, 0.15) is 7.17 Å². The molecule has 0 aliphatic heterocycles. The van der Waals surface area contributed by atoms with Crippen molar-refractivity contribution in [2.24, 2.45) is 0 Å². The van der Waals surface area contributed by atoms with E-state index in [0.29, 0.717) is 0 Å². The van der Waals surface area contributed by atoms with E-state index in [4.69, 9.17) is 0 Å². The van der Waals surface area contributed by atoms with E-state index in [9.17, 15) is 0 Å². The minimum absolute atomic E-state index is 0.766. The third kappa shape index (κ3) is 12.3. The minimum atomic E-state index is 0.766. The first-order valence-corrected chi connectivity index (χ1v) is 9.98. The van der Waals surface area contributed by atoms with Gasteiger partial charge in [-0.1, -0.05) is 153 Å². The standard InChI is InChI=1S/C25H32B4/c1-8-14-15-16-21(9-2)27-22(10-3)17-18-23(11-4)28-24(12-5)19-20-25(13-6)29-26-7/h8-20,26-29H,1-6H2,7H3/b15-14-,21-16+,22-17+,23-18+,24-19+,25-20+. The van der Waals surface area contributed by atoms with Crippen LogP contribution in [0.15, 0.2) is 146 Å². The zero-order valence-corrected chi connectivity index (χ0v) is 18.1. The van der Waals surface area contributed by atoms with Gasteiger partial charge in [-0.15, -0.1) is 0 Å². The average Bonchev–Trinajstić information content (AvgIpc) is 2.75. The Morgan fingerprint density at radius 2 is 0.897 bits per heavy atom. The summed E-state index contributed by atoms with van der Waals surface area (Å²) in [6.45, 7) is 25.5. The van der Waals surface area contributed by atoms with Gasteiger partial charge in [-0.25, -0.2) is 0 Å². The summed E-state index contributed by atoms with van der Waals surface area (Å²) in [6, 6.07) is 0.